The van der Waals surface area contributed by atoms with E-state index in [1.807, 2.05) is 21.1 Å². The summed E-state index contributed by atoms with van der Waals surface area (Å²) in [6.45, 7) is 4.52. The van der Waals surface area contributed by atoms with Crippen molar-refractivity contribution in [3.8, 4) is 0 Å². The van der Waals surface area contributed by atoms with Crippen LogP contribution in [0.15, 0.2) is 122 Å². The van der Waals surface area contributed by atoms with Gasteiger partial charge in [-0.05, 0) is 103 Å². The molecule has 0 saturated heterocycles. The van der Waals surface area contributed by atoms with Crippen molar-refractivity contribution in [3.05, 3.63) is 122 Å². The Hall–Kier alpha value is -4.31. The lowest BCUT2D eigenvalue weighted by Crippen LogP contribution is -2.44. The van der Waals surface area contributed by atoms with E-state index < -0.39 is 24.3 Å². The number of carboxylic acid groups (broad SMARTS) is 1. The SMILES string of the molecule is CC/C=C\C/C=C\C/C=C\C/C=C\C/C=C\C/C=C\CCCCCCCCCCCCC(=O)OC(COC(=O)CCCCCCCCCCCCCCCC/C=C\C/C=C\C/C=C\C/C=C\CC)COC(OCC[N+](C)(C)C)C(=O)[O-]. The molecular weight excluding hydrogens is 1010 g/mol. The highest BCUT2D eigenvalue weighted by Crippen LogP contribution is 2.16. The summed E-state index contributed by atoms with van der Waals surface area (Å²) in [6, 6.07) is 0. The molecule has 0 aromatic carbocycles. The Morgan fingerprint density at radius 3 is 0.988 bits per heavy atom. The summed E-state index contributed by atoms with van der Waals surface area (Å²) in [6.07, 6.45) is 84.0. The second-order valence-electron chi connectivity index (χ2n) is 22.6. The standard InChI is InChI=1S/C72H121NO8/c1-6-8-10-12-14-16-18-20-22-24-26-28-30-32-34-35-37-39-41-43-45-47-49-51-53-55-57-59-61-63-70(75)81-68(67-80-72(71(76)77)78-65-64-73(3,4)5)66-79-69(74)62-60-58-56-54-52-50-48-46-44-42-40-38-36-33-31-29-27-25-23-21-19-17-15-13-11-9-7-2/h8-11,14-17,20-23,26-29,32,34,37,39,68,72H,6-7,12-13,18-19,24-25,30-31,33,35-36,38,40-67H2,1-5H3/b10-8-,11-9-,16-14-,17-15-,22-20-,23-21-,28-26-,29-27-,34-32-,39-37-. The number of likely N-dealkylation sites (N-methyl/N-ethyl adjacent to an activating group) is 1. The van der Waals surface area contributed by atoms with Crippen molar-refractivity contribution < 1.29 is 42.9 Å². The average Bonchev–Trinajstić information content (AvgIpc) is 3.44. The molecule has 0 aromatic heterocycles. The maximum Gasteiger partial charge on any atom is 0.306 e. The Labute approximate surface area is 497 Å². The van der Waals surface area contributed by atoms with Gasteiger partial charge in [0.2, 0.25) is 0 Å². The molecule has 0 heterocycles. The number of rotatable bonds is 59. The van der Waals surface area contributed by atoms with Gasteiger partial charge >= 0.3 is 11.9 Å². The average molecular weight is 1130 g/mol. The largest absolute Gasteiger partial charge is 0.545 e. The zero-order valence-electron chi connectivity index (χ0n) is 52.6. The zero-order valence-corrected chi connectivity index (χ0v) is 52.6. The molecule has 81 heavy (non-hydrogen) atoms. The molecule has 0 rings (SSSR count). The first kappa shape index (κ1) is 76.7. The maximum atomic E-state index is 12.9. The predicted molar refractivity (Wildman–Crippen MR) is 343 cm³/mol. The van der Waals surface area contributed by atoms with Crippen LogP contribution in [0.5, 0.6) is 0 Å². The lowest BCUT2D eigenvalue weighted by molar-refractivity contribution is -0.870. The van der Waals surface area contributed by atoms with Gasteiger partial charge in [-0.15, -0.1) is 0 Å². The molecule has 2 atom stereocenters. The minimum atomic E-state index is -1.63. The minimum Gasteiger partial charge on any atom is -0.545 e. The van der Waals surface area contributed by atoms with Gasteiger partial charge in [-0.2, -0.15) is 0 Å². The second-order valence-corrected chi connectivity index (χ2v) is 22.6. The van der Waals surface area contributed by atoms with Crippen molar-refractivity contribution in [1.29, 1.82) is 0 Å². The lowest BCUT2D eigenvalue weighted by atomic mass is 10.0. The molecule has 0 aliphatic heterocycles. The molecule has 9 heteroatoms. The molecule has 0 bridgehead atoms. The number of quaternary nitrogens is 1. The highest BCUT2D eigenvalue weighted by molar-refractivity contribution is 5.70. The Morgan fingerprint density at radius 1 is 0.370 bits per heavy atom. The third-order valence-electron chi connectivity index (χ3n) is 13.7. The lowest BCUT2D eigenvalue weighted by Gasteiger charge is -2.26. The number of hydrogen-bond donors (Lipinski definition) is 0. The quantitative estimate of drug-likeness (QED) is 0.0195. The number of aliphatic carboxylic acids is 1. The third-order valence-corrected chi connectivity index (χ3v) is 13.7. The van der Waals surface area contributed by atoms with E-state index in [1.54, 1.807) is 0 Å². The summed E-state index contributed by atoms with van der Waals surface area (Å²) in [7, 11) is 5.92. The number of carboxylic acids is 1. The van der Waals surface area contributed by atoms with E-state index in [1.165, 1.54) is 116 Å². The van der Waals surface area contributed by atoms with Crippen molar-refractivity contribution in [1.82, 2.24) is 0 Å². The molecule has 2 unspecified atom stereocenters. The number of ether oxygens (including phenoxy) is 4. The minimum absolute atomic E-state index is 0.141. The fourth-order valence-electron chi connectivity index (χ4n) is 8.77. The van der Waals surface area contributed by atoms with Gasteiger partial charge in [-0.1, -0.05) is 264 Å². The summed E-state index contributed by atoms with van der Waals surface area (Å²) in [5.74, 6) is -2.29. The van der Waals surface area contributed by atoms with Crippen LogP contribution in [0.1, 0.15) is 258 Å². The van der Waals surface area contributed by atoms with E-state index >= 15 is 0 Å². The van der Waals surface area contributed by atoms with Crippen molar-refractivity contribution in [2.24, 2.45) is 0 Å². The number of unbranched alkanes of at least 4 members (excludes halogenated alkanes) is 24. The summed E-state index contributed by atoms with van der Waals surface area (Å²) < 4.78 is 22.8. The zero-order chi connectivity index (χ0) is 59.1. The van der Waals surface area contributed by atoms with E-state index in [2.05, 4.69) is 135 Å². The molecule has 0 aliphatic rings. The van der Waals surface area contributed by atoms with Crippen LogP contribution >= 0.6 is 0 Å². The van der Waals surface area contributed by atoms with Gasteiger partial charge in [-0.25, -0.2) is 0 Å². The number of esters is 2. The normalized spacial score (nSPS) is 13.5. The first-order chi connectivity index (χ1) is 39.6. The molecule has 0 amide bonds. The number of carbonyl (C=O) groups excluding carboxylic acids is 3. The van der Waals surface area contributed by atoms with Crippen molar-refractivity contribution in [2.75, 3.05) is 47.5 Å². The second kappa shape index (κ2) is 61.8. The van der Waals surface area contributed by atoms with E-state index in [4.69, 9.17) is 18.9 Å². The summed E-state index contributed by atoms with van der Waals surface area (Å²) >= 11 is 0. The Morgan fingerprint density at radius 2 is 0.667 bits per heavy atom. The number of carbonyl (C=O) groups is 3. The van der Waals surface area contributed by atoms with Crippen LogP contribution < -0.4 is 5.11 Å². The van der Waals surface area contributed by atoms with Gasteiger partial charge in [0.25, 0.3) is 0 Å². The van der Waals surface area contributed by atoms with Crippen LogP contribution in [-0.4, -0.2) is 82.3 Å². The molecular formula is C72H121NO8. The van der Waals surface area contributed by atoms with Gasteiger partial charge in [-0.3, -0.25) is 9.59 Å². The van der Waals surface area contributed by atoms with Gasteiger partial charge in [0, 0.05) is 12.8 Å². The van der Waals surface area contributed by atoms with Crippen LogP contribution in [0.2, 0.25) is 0 Å². The summed E-state index contributed by atoms with van der Waals surface area (Å²) in [5.41, 5.74) is 0. The van der Waals surface area contributed by atoms with E-state index in [0.29, 0.717) is 17.4 Å². The Kier molecular flexibility index (Phi) is 58.5. The maximum absolute atomic E-state index is 12.9. The number of allylic oxidation sites excluding steroid dienone is 20. The van der Waals surface area contributed by atoms with Crippen molar-refractivity contribution in [3.63, 3.8) is 0 Å². The molecule has 9 nitrogen and oxygen atoms in total. The molecule has 0 aromatic rings. The molecule has 0 radical (unpaired) electrons. The van der Waals surface area contributed by atoms with Crippen LogP contribution in [0.4, 0.5) is 0 Å². The topological polar surface area (TPSA) is 111 Å². The first-order valence-electron chi connectivity index (χ1n) is 32.7. The summed E-state index contributed by atoms with van der Waals surface area (Å²) in [5, 5.41) is 11.8. The highest BCUT2D eigenvalue weighted by atomic mass is 16.7. The van der Waals surface area contributed by atoms with Crippen LogP contribution in [0.3, 0.4) is 0 Å². The fourth-order valence-corrected chi connectivity index (χ4v) is 8.77. The van der Waals surface area contributed by atoms with Gasteiger partial charge in [0.1, 0.15) is 13.2 Å². The Balaban J connectivity index is 4.20. The molecule has 462 valence electrons. The molecule has 0 saturated carbocycles. The van der Waals surface area contributed by atoms with Crippen molar-refractivity contribution in [2.45, 2.75) is 270 Å². The fraction of sp³-hybridized carbons (Fsp3) is 0.681. The van der Waals surface area contributed by atoms with Crippen LogP contribution in [0.25, 0.3) is 0 Å². The molecule has 0 N–H and O–H groups in total. The number of hydrogen-bond acceptors (Lipinski definition) is 8. The first-order valence-corrected chi connectivity index (χ1v) is 32.7. The van der Waals surface area contributed by atoms with E-state index in [-0.39, 0.29) is 38.6 Å². The van der Waals surface area contributed by atoms with Crippen LogP contribution in [0, 0.1) is 0 Å². The summed E-state index contributed by atoms with van der Waals surface area (Å²) in [4.78, 5) is 37.4. The monoisotopic (exact) mass is 1130 g/mol. The highest BCUT2D eigenvalue weighted by Gasteiger charge is 2.22. The van der Waals surface area contributed by atoms with Gasteiger partial charge in [0.15, 0.2) is 12.4 Å². The molecule has 0 spiro atoms. The van der Waals surface area contributed by atoms with E-state index in [9.17, 15) is 19.5 Å². The number of nitrogens with zero attached hydrogens (tertiary/aromatic N) is 1. The predicted octanol–water partition coefficient (Wildman–Crippen LogP) is 18.7. The van der Waals surface area contributed by atoms with Crippen LogP contribution in [-0.2, 0) is 33.3 Å². The molecule has 0 aliphatic carbocycles. The smallest absolute Gasteiger partial charge is 0.306 e. The van der Waals surface area contributed by atoms with E-state index in [0.717, 1.165) is 109 Å². The molecule has 0 fully saturated rings. The van der Waals surface area contributed by atoms with Gasteiger partial charge < -0.3 is 33.3 Å². The van der Waals surface area contributed by atoms with Crippen molar-refractivity contribution >= 4 is 17.9 Å². The van der Waals surface area contributed by atoms with Gasteiger partial charge in [0.05, 0.1) is 40.3 Å². The third kappa shape index (κ3) is 63.1. The Bertz CT molecular complexity index is 1740.